The molecule has 1 amide bonds. The number of rotatable bonds is 2. The van der Waals surface area contributed by atoms with Crippen LogP contribution >= 0.6 is 11.6 Å². The Labute approximate surface area is 101 Å². The van der Waals surface area contributed by atoms with E-state index >= 15 is 0 Å². The second kappa shape index (κ2) is 3.77. The molecule has 1 aromatic carbocycles. The molecule has 16 heavy (non-hydrogen) atoms. The maximum Gasteiger partial charge on any atom is 0.246 e. The van der Waals surface area contributed by atoms with E-state index in [9.17, 15) is 4.79 Å². The molecule has 0 saturated carbocycles. The van der Waals surface area contributed by atoms with Gasteiger partial charge in [0.25, 0.3) is 0 Å². The summed E-state index contributed by atoms with van der Waals surface area (Å²) in [6.45, 7) is 5.83. The Balaban J connectivity index is 2.36. The van der Waals surface area contributed by atoms with Gasteiger partial charge in [-0.15, -0.1) is 11.6 Å². The van der Waals surface area contributed by atoms with Crippen molar-refractivity contribution in [2.24, 2.45) is 0 Å². The molecule has 1 fully saturated rings. The second-order valence-electron chi connectivity index (χ2n) is 4.69. The smallest absolute Gasteiger partial charge is 0.246 e. The molecular weight excluding hydrogens is 222 g/mol. The third-order valence-corrected chi connectivity index (χ3v) is 3.48. The van der Waals surface area contributed by atoms with Crippen molar-refractivity contribution in [1.82, 2.24) is 4.90 Å². The summed E-state index contributed by atoms with van der Waals surface area (Å²) in [6, 6.07) is 10.1. The van der Waals surface area contributed by atoms with Gasteiger partial charge in [0.15, 0.2) is 0 Å². The van der Waals surface area contributed by atoms with Crippen molar-refractivity contribution in [2.75, 3.05) is 0 Å². The Kier molecular flexibility index (Phi) is 2.70. The number of β-lactam (4-membered cyclic amide) rings is 1. The number of halogens is 1. The van der Waals surface area contributed by atoms with Crippen LogP contribution in [0.4, 0.5) is 0 Å². The maximum absolute atomic E-state index is 11.9. The zero-order chi connectivity index (χ0) is 11.9. The molecule has 2 nitrogen and oxygen atoms in total. The average Bonchev–Trinajstić information content (AvgIpc) is 2.25. The number of carbonyl (C=O) groups is 1. The Hall–Kier alpha value is -1.02. The minimum Gasteiger partial charge on any atom is -0.329 e. The molecular formula is C13H16ClNO. The van der Waals surface area contributed by atoms with E-state index in [1.165, 1.54) is 0 Å². The van der Waals surface area contributed by atoms with Crippen molar-refractivity contribution < 1.29 is 4.79 Å². The van der Waals surface area contributed by atoms with Gasteiger partial charge >= 0.3 is 0 Å². The van der Waals surface area contributed by atoms with Gasteiger partial charge < -0.3 is 4.90 Å². The quantitative estimate of drug-likeness (QED) is 0.572. The van der Waals surface area contributed by atoms with E-state index in [1.54, 1.807) is 6.92 Å². The Morgan fingerprint density at radius 1 is 1.31 bits per heavy atom. The molecule has 3 heteroatoms. The van der Waals surface area contributed by atoms with Gasteiger partial charge in [0.05, 0.1) is 6.04 Å². The van der Waals surface area contributed by atoms with E-state index in [4.69, 9.17) is 11.6 Å². The maximum atomic E-state index is 11.9. The molecule has 0 N–H and O–H groups in total. The number of amides is 1. The van der Waals surface area contributed by atoms with Gasteiger partial charge in [-0.05, 0) is 26.3 Å². The first-order chi connectivity index (χ1) is 7.46. The molecule has 1 aliphatic rings. The molecule has 0 aromatic heterocycles. The van der Waals surface area contributed by atoms with Crippen LogP contribution in [0, 0.1) is 0 Å². The standard InChI is InChI=1S/C13H16ClNO/c1-9(2)15-11(13(3,14)12(15)16)10-7-5-4-6-8-10/h4-9,11H,1-3H3/t11-,13+/m1/s1. The lowest BCUT2D eigenvalue weighted by atomic mass is 9.82. The van der Waals surface area contributed by atoms with Crippen molar-refractivity contribution in [2.45, 2.75) is 37.7 Å². The van der Waals surface area contributed by atoms with Gasteiger partial charge in [0.1, 0.15) is 4.87 Å². The van der Waals surface area contributed by atoms with E-state index in [0.717, 1.165) is 5.56 Å². The third kappa shape index (κ3) is 1.52. The average molecular weight is 238 g/mol. The van der Waals surface area contributed by atoms with Crippen LogP contribution < -0.4 is 0 Å². The summed E-state index contributed by atoms with van der Waals surface area (Å²) in [7, 11) is 0. The van der Waals surface area contributed by atoms with E-state index in [1.807, 2.05) is 49.1 Å². The Morgan fingerprint density at radius 2 is 1.88 bits per heavy atom. The molecule has 1 aliphatic heterocycles. The molecule has 0 aliphatic carbocycles. The van der Waals surface area contributed by atoms with Crippen LogP contribution in [-0.2, 0) is 4.79 Å². The molecule has 0 spiro atoms. The highest BCUT2D eigenvalue weighted by Gasteiger charge is 2.57. The van der Waals surface area contributed by atoms with Crippen LogP contribution in [0.3, 0.4) is 0 Å². The summed E-state index contributed by atoms with van der Waals surface area (Å²) in [5, 5.41) is 0. The van der Waals surface area contributed by atoms with Crippen LogP contribution in [0.15, 0.2) is 30.3 Å². The van der Waals surface area contributed by atoms with Crippen LogP contribution in [0.5, 0.6) is 0 Å². The summed E-state index contributed by atoms with van der Waals surface area (Å²) in [5.74, 6) is 0.0259. The molecule has 1 heterocycles. The molecule has 86 valence electrons. The number of alkyl halides is 1. The van der Waals surface area contributed by atoms with Gasteiger partial charge in [-0.3, -0.25) is 4.79 Å². The van der Waals surface area contributed by atoms with E-state index in [-0.39, 0.29) is 18.0 Å². The van der Waals surface area contributed by atoms with Crippen LogP contribution in [-0.4, -0.2) is 21.7 Å². The fraction of sp³-hybridized carbons (Fsp3) is 0.462. The first kappa shape index (κ1) is 11.5. The van der Waals surface area contributed by atoms with Crippen LogP contribution in [0.25, 0.3) is 0 Å². The van der Waals surface area contributed by atoms with Crippen LogP contribution in [0.1, 0.15) is 32.4 Å². The van der Waals surface area contributed by atoms with E-state index < -0.39 is 4.87 Å². The van der Waals surface area contributed by atoms with E-state index in [2.05, 4.69) is 0 Å². The zero-order valence-corrected chi connectivity index (χ0v) is 10.5. The largest absolute Gasteiger partial charge is 0.329 e. The minimum atomic E-state index is -0.786. The summed E-state index contributed by atoms with van der Waals surface area (Å²) >= 11 is 6.30. The number of hydrogen-bond donors (Lipinski definition) is 0. The van der Waals surface area contributed by atoms with Gasteiger partial charge in [-0.1, -0.05) is 30.3 Å². The summed E-state index contributed by atoms with van der Waals surface area (Å²) < 4.78 is 0. The fourth-order valence-corrected chi connectivity index (χ4v) is 2.65. The predicted molar refractivity (Wildman–Crippen MR) is 65.4 cm³/mol. The Morgan fingerprint density at radius 3 is 2.38 bits per heavy atom. The number of likely N-dealkylation sites (tertiary alicyclic amines) is 1. The highest BCUT2D eigenvalue weighted by atomic mass is 35.5. The first-order valence-corrected chi connectivity index (χ1v) is 5.90. The molecule has 0 bridgehead atoms. The SMILES string of the molecule is CC(C)N1C(=O)[C@@](C)(Cl)[C@H]1c1ccccc1. The number of hydrogen-bond acceptors (Lipinski definition) is 1. The lowest BCUT2D eigenvalue weighted by Gasteiger charge is -2.53. The monoisotopic (exact) mass is 237 g/mol. The van der Waals surface area contributed by atoms with Crippen LogP contribution in [0.2, 0.25) is 0 Å². The number of benzene rings is 1. The molecule has 2 atom stereocenters. The molecule has 0 radical (unpaired) electrons. The van der Waals surface area contributed by atoms with Gasteiger partial charge in [-0.25, -0.2) is 0 Å². The van der Waals surface area contributed by atoms with Gasteiger partial charge in [-0.2, -0.15) is 0 Å². The molecule has 2 rings (SSSR count). The number of carbonyl (C=O) groups excluding carboxylic acids is 1. The van der Waals surface area contributed by atoms with Crippen molar-refractivity contribution in [3.8, 4) is 0 Å². The molecule has 0 unspecified atom stereocenters. The van der Waals surface area contributed by atoms with Crippen molar-refractivity contribution in [1.29, 1.82) is 0 Å². The Bertz CT molecular complexity index is 400. The second-order valence-corrected chi connectivity index (χ2v) is 5.48. The zero-order valence-electron chi connectivity index (χ0n) is 9.77. The fourth-order valence-electron chi connectivity index (χ4n) is 2.32. The topological polar surface area (TPSA) is 20.3 Å². The minimum absolute atomic E-state index is 0.0112. The van der Waals surface area contributed by atoms with E-state index in [0.29, 0.717) is 0 Å². The van der Waals surface area contributed by atoms with Gasteiger partial charge in [0.2, 0.25) is 5.91 Å². The summed E-state index contributed by atoms with van der Waals surface area (Å²) in [5.41, 5.74) is 1.10. The van der Waals surface area contributed by atoms with Crippen molar-refractivity contribution in [3.63, 3.8) is 0 Å². The summed E-state index contributed by atoms with van der Waals surface area (Å²) in [6.07, 6.45) is 0. The molecule has 1 saturated heterocycles. The first-order valence-electron chi connectivity index (χ1n) is 5.53. The number of nitrogens with zero attached hydrogens (tertiary/aromatic N) is 1. The highest BCUT2D eigenvalue weighted by Crippen LogP contribution is 2.48. The lowest BCUT2D eigenvalue weighted by molar-refractivity contribution is -0.155. The predicted octanol–water partition coefficient (Wildman–Crippen LogP) is 2.98. The lowest BCUT2D eigenvalue weighted by Crippen LogP contribution is -2.65. The summed E-state index contributed by atoms with van der Waals surface area (Å²) in [4.78, 5) is 13.0. The highest BCUT2D eigenvalue weighted by molar-refractivity contribution is 6.37. The molecule has 1 aromatic rings. The third-order valence-electron chi connectivity index (χ3n) is 3.12. The van der Waals surface area contributed by atoms with Gasteiger partial charge in [0, 0.05) is 6.04 Å². The normalized spacial score (nSPS) is 29.4. The van der Waals surface area contributed by atoms with Crippen molar-refractivity contribution >= 4 is 17.5 Å². The van der Waals surface area contributed by atoms with Crippen molar-refractivity contribution in [3.05, 3.63) is 35.9 Å².